The molecule has 1 atom stereocenters. The fourth-order valence-corrected chi connectivity index (χ4v) is 4.36. The molecule has 2 N–H and O–H groups in total. The van der Waals surface area contributed by atoms with E-state index in [9.17, 15) is 23.1 Å². The van der Waals surface area contributed by atoms with Crippen molar-refractivity contribution in [2.75, 3.05) is 6.26 Å². The van der Waals surface area contributed by atoms with Crippen molar-refractivity contribution in [2.24, 2.45) is 0 Å². The van der Waals surface area contributed by atoms with Gasteiger partial charge in [0.15, 0.2) is 9.84 Å². The number of aromatic nitrogens is 1. The van der Waals surface area contributed by atoms with E-state index in [1.807, 2.05) is 54.6 Å². The molecule has 8 heteroatoms. The second kappa shape index (κ2) is 10.5. The summed E-state index contributed by atoms with van der Waals surface area (Å²) in [5.74, 6) is -1.76. The minimum atomic E-state index is -3.33. The van der Waals surface area contributed by atoms with Crippen LogP contribution in [0.1, 0.15) is 16.1 Å². The van der Waals surface area contributed by atoms with Gasteiger partial charge in [0, 0.05) is 18.2 Å². The highest BCUT2D eigenvalue weighted by Gasteiger charge is 2.22. The lowest BCUT2D eigenvalue weighted by atomic mass is 10.0. The summed E-state index contributed by atoms with van der Waals surface area (Å²) in [6, 6.07) is 27.2. The van der Waals surface area contributed by atoms with Gasteiger partial charge in [-0.3, -0.25) is 4.79 Å². The Balaban J connectivity index is 1.47. The molecule has 4 rings (SSSR count). The van der Waals surface area contributed by atoms with Crippen molar-refractivity contribution >= 4 is 21.7 Å². The van der Waals surface area contributed by atoms with Crippen LogP contribution in [0.15, 0.2) is 102 Å². The first kappa shape index (κ1) is 24.8. The van der Waals surface area contributed by atoms with E-state index >= 15 is 0 Å². The Hall–Kier alpha value is -4.30. The van der Waals surface area contributed by atoms with Crippen molar-refractivity contribution in [3.05, 3.63) is 108 Å². The van der Waals surface area contributed by atoms with Crippen LogP contribution in [0.3, 0.4) is 0 Å². The summed E-state index contributed by atoms with van der Waals surface area (Å²) in [6.07, 6.45) is 1.24. The molecule has 0 bridgehead atoms. The minimum Gasteiger partial charge on any atom is -0.480 e. The quantitative estimate of drug-likeness (QED) is 0.374. The summed E-state index contributed by atoms with van der Waals surface area (Å²) < 4.78 is 23.4. The lowest BCUT2D eigenvalue weighted by Crippen LogP contribution is -2.42. The third-order valence-corrected chi connectivity index (χ3v) is 6.79. The van der Waals surface area contributed by atoms with Crippen LogP contribution in [0.25, 0.3) is 22.4 Å². The van der Waals surface area contributed by atoms with Crippen LogP contribution in [-0.2, 0) is 21.1 Å². The van der Waals surface area contributed by atoms with Crippen molar-refractivity contribution < 1.29 is 23.1 Å². The van der Waals surface area contributed by atoms with E-state index in [0.717, 1.165) is 22.9 Å². The zero-order valence-corrected chi connectivity index (χ0v) is 20.3. The number of hydrogen-bond donors (Lipinski definition) is 2. The first-order valence-corrected chi connectivity index (χ1v) is 13.1. The van der Waals surface area contributed by atoms with E-state index in [1.165, 1.54) is 18.2 Å². The molecule has 4 aromatic rings. The number of nitrogens with one attached hydrogen (secondary N) is 1. The maximum absolute atomic E-state index is 12.8. The van der Waals surface area contributed by atoms with Crippen molar-refractivity contribution in [3.63, 3.8) is 0 Å². The van der Waals surface area contributed by atoms with Crippen LogP contribution in [-0.4, -0.2) is 42.7 Å². The van der Waals surface area contributed by atoms with E-state index in [4.69, 9.17) is 0 Å². The molecule has 0 radical (unpaired) electrons. The van der Waals surface area contributed by atoms with Crippen LogP contribution >= 0.6 is 0 Å². The SMILES string of the molecule is CS(=O)(=O)c1ccc(-c2cccc(C(=O)NC(Cc3ccc(-c4ccccc4)cc3)C(=O)O)n2)cc1. The molecule has 182 valence electrons. The Morgan fingerprint density at radius 3 is 2.03 bits per heavy atom. The van der Waals surface area contributed by atoms with E-state index in [0.29, 0.717) is 11.3 Å². The molecule has 0 spiro atoms. The van der Waals surface area contributed by atoms with Gasteiger partial charge in [0.05, 0.1) is 10.6 Å². The van der Waals surface area contributed by atoms with Gasteiger partial charge in [-0.15, -0.1) is 0 Å². The largest absolute Gasteiger partial charge is 0.480 e. The van der Waals surface area contributed by atoms with Crippen LogP contribution in [0, 0.1) is 0 Å². The second-order valence-electron chi connectivity index (χ2n) is 8.34. The highest BCUT2D eigenvalue weighted by Crippen LogP contribution is 2.21. The van der Waals surface area contributed by atoms with Crippen LogP contribution < -0.4 is 5.32 Å². The highest BCUT2D eigenvalue weighted by atomic mass is 32.2. The number of carboxylic acid groups (broad SMARTS) is 1. The van der Waals surface area contributed by atoms with Gasteiger partial charge in [0.1, 0.15) is 11.7 Å². The number of rotatable bonds is 8. The van der Waals surface area contributed by atoms with Gasteiger partial charge in [0.2, 0.25) is 0 Å². The molecule has 3 aromatic carbocycles. The maximum Gasteiger partial charge on any atom is 0.326 e. The smallest absolute Gasteiger partial charge is 0.326 e. The zero-order valence-electron chi connectivity index (χ0n) is 19.5. The molecule has 0 saturated heterocycles. The lowest BCUT2D eigenvalue weighted by molar-refractivity contribution is -0.139. The number of carboxylic acids is 1. The number of benzene rings is 3. The van der Waals surface area contributed by atoms with Gasteiger partial charge in [-0.25, -0.2) is 18.2 Å². The molecule has 1 unspecified atom stereocenters. The molecule has 0 aliphatic carbocycles. The summed E-state index contributed by atoms with van der Waals surface area (Å²) in [5, 5.41) is 12.3. The zero-order chi connectivity index (χ0) is 25.7. The molecule has 1 aromatic heterocycles. The molecule has 1 amide bonds. The summed E-state index contributed by atoms with van der Waals surface area (Å²) in [6.45, 7) is 0. The Bertz CT molecular complexity index is 1480. The Labute approximate surface area is 209 Å². The predicted octanol–water partition coefficient (Wildman–Crippen LogP) is 4.24. The topological polar surface area (TPSA) is 113 Å². The van der Waals surface area contributed by atoms with Gasteiger partial charge in [0.25, 0.3) is 5.91 Å². The van der Waals surface area contributed by atoms with Gasteiger partial charge in [-0.05, 0) is 41.0 Å². The number of carbonyl (C=O) groups is 2. The van der Waals surface area contributed by atoms with E-state index < -0.39 is 27.8 Å². The summed E-state index contributed by atoms with van der Waals surface area (Å²) in [5.41, 5.74) is 4.00. The lowest BCUT2D eigenvalue weighted by Gasteiger charge is -2.15. The van der Waals surface area contributed by atoms with Crippen LogP contribution in [0.2, 0.25) is 0 Å². The molecule has 36 heavy (non-hydrogen) atoms. The molecule has 0 fully saturated rings. The molecule has 0 aliphatic rings. The monoisotopic (exact) mass is 500 g/mol. The Kier molecular flexibility index (Phi) is 7.26. The van der Waals surface area contributed by atoms with Crippen LogP contribution in [0.5, 0.6) is 0 Å². The fraction of sp³-hybridized carbons (Fsp3) is 0.107. The van der Waals surface area contributed by atoms with Crippen molar-refractivity contribution in [1.82, 2.24) is 10.3 Å². The molecule has 0 aliphatic heterocycles. The average Bonchev–Trinajstić information content (AvgIpc) is 2.89. The normalized spacial score (nSPS) is 12.0. The first-order chi connectivity index (χ1) is 17.2. The summed E-state index contributed by atoms with van der Waals surface area (Å²) >= 11 is 0. The van der Waals surface area contributed by atoms with E-state index in [-0.39, 0.29) is 17.0 Å². The molecule has 0 saturated carbocycles. The second-order valence-corrected chi connectivity index (χ2v) is 10.4. The third kappa shape index (κ3) is 6.03. The minimum absolute atomic E-state index is 0.0605. The van der Waals surface area contributed by atoms with Gasteiger partial charge >= 0.3 is 5.97 Å². The number of nitrogens with zero attached hydrogens (tertiary/aromatic N) is 1. The molecular weight excluding hydrogens is 476 g/mol. The highest BCUT2D eigenvalue weighted by molar-refractivity contribution is 7.90. The Morgan fingerprint density at radius 2 is 1.42 bits per heavy atom. The number of sulfone groups is 1. The Morgan fingerprint density at radius 1 is 0.806 bits per heavy atom. The van der Waals surface area contributed by atoms with Crippen LogP contribution in [0.4, 0.5) is 0 Å². The number of aliphatic carboxylic acids is 1. The third-order valence-electron chi connectivity index (χ3n) is 5.66. The first-order valence-electron chi connectivity index (χ1n) is 11.2. The summed E-state index contributed by atoms with van der Waals surface area (Å²) in [4.78, 5) is 29.2. The molecule has 1 heterocycles. The van der Waals surface area contributed by atoms with Crippen molar-refractivity contribution in [2.45, 2.75) is 17.4 Å². The van der Waals surface area contributed by atoms with E-state index in [1.54, 1.807) is 24.3 Å². The summed E-state index contributed by atoms with van der Waals surface area (Å²) in [7, 11) is -3.33. The van der Waals surface area contributed by atoms with Crippen molar-refractivity contribution in [3.8, 4) is 22.4 Å². The predicted molar refractivity (Wildman–Crippen MR) is 137 cm³/mol. The number of carbonyl (C=O) groups excluding carboxylic acids is 1. The number of hydrogen-bond acceptors (Lipinski definition) is 5. The molecular formula is C28H24N2O5S. The van der Waals surface area contributed by atoms with Gasteiger partial charge in [-0.2, -0.15) is 0 Å². The van der Waals surface area contributed by atoms with Gasteiger partial charge in [-0.1, -0.05) is 72.8 Å². The van der Waals surface area contributed by atoms with E-state index in [2.05, 4.69) is 10.3 Å². The maximum atomic E-state index is 12.8. The van der Waals surface area contributed by atoms with Crippen molar-refractivity contribution in [1.29, 1.82) is 0 Å². The molecule has 7 nitrogen and oxygen atoms in total. The number of pyridine rings is 1. The number of amides is 1. The standard InChI is InChI=1S/C28H24N2O5S/c1-36(34,35)23-16-14-22(15-17-23)24-8-5-9-25(29-24)27(31)30-26(28(32)33)18-19-10-12-21(13-11-19)20-6-3-2-4-7-20/h2-17,26H,18H2,1H3,(H,30,31)(H,32,33). The van der Waals surface area contributed by atoms with Gasteiger partial charge < -0.3 is 10.4 Å². The average molecular weight is 501 g/mol. The fourth-order valence-electron chi connectivity index (χ4n) is 3.73.